The van der Waals surface area contributed by atoms with Crippen LogP contribution in [0.2, 0.25) is 0 Å². The second-order valence-electron chi connectivity index (χ2n) is 4.02. The van der Waals surface area contributed by atoms with Gasteiger partial charge >= 0.3 is 11.9 Å². The van der Waals surface area contributed by atoms with Crippen molar-refractivity contribution in [1.82, 2.24) is 0 Å². The lowest BCUT2D eigenvalue weighted by Gasteiger charge is -2.30. The molecule has 0 fully saturated rings. The van der Waals surface area contributed by atoms with Crippen LogP contribution in [-0.4, -0.2) is 41.1 Å². The molecular weight excluding hydrogens is 266 g/mol. The number of ether oxygens (including phenoxy) is 2. The van der Waals surface area contributed by atoms with Crippen molar-refractivity contribution < 1.29 is 29.0 Å². The second-order valence-corrected chi connectivity index (χ2v) is 4.02. The zero-order valence-corrected chi connectivity index (χ0v) is 11.4. The fourth-order valence-corrected chi connectivity index (χ4v) is 1.41. The summed E-state index contributed by atoms with van der Waals surface area (Å²) >= 11 is 0. The fourth-order valence-electron chi connectivity index (χ4n) is 1.41. The summed E-state index contributed by atoms with van der Waals surface area (Å²) in [6.45, 7) is 9.26. The zero-order chi connectivity index (χ0) is 15.8. The van der Waals surface area contributed by atoms with Crippen molar-refractivity contribution in [2.45, 2.75) is 38.2 Å². The molecule has 0 heterocycles. The summed E-state index contributed by atoms with van der Waals surface area (Å²) in [4.78, 5) is 35.8. The van der Waals surface area contributed by atoms with Gasteiger partial charge in [-0.25, -0.2) is 14.4 Å². The molecule has 0 saturated heterocycles. The maximum Gasteiger partial charge on any atom is 0.330 e. The molecule has 7 heteroatoms. The molecule has 0 aliphatic rings. The summed E-state index contributed by atoms with van der Waals surface area (Å²) in [5.41, 5.74) is -2.05. The Hall–Kier alpha value is -2.24. The number of rotatable bonds is 8. The molecule has 110 valence electrons. The maximum absolute atomic E-state index is 11.1. The minimum atomic E-state index is -2.05. The van der Waals surface area contributed by atoms with Crippen molar-refractivity contribution in [3.05, 3.63) is 25.3 Å². The molecule has 0 aliphatic heterocycles. The van der Waals surface area contributed by atoms with Gasteiger partial charge in [-0.05, 0) is 13.8 Å². The first-order valence-corrected chi connectivity index (χ1v) is 5.76. The highest BCUT2D eigenvalue weighted by Gasteiger charge is 2.38. The lowest BCUT2D eigenvalue weighted by atomic mass is 10.0. The minimum Gasteiger partial charge on any atom is -0.459 e. The quantitative estimate of drug-likeness (QED) is 0.303. The van der Waals surface area contributed by atoms with E-state index in [0.29, 0.717) is 0 Å². The molecule has 0 saturated carbocycles. The van der Waals surface area contributed by atoms with Gasteiger partial charge in [0.1, 0.15) is 12.2 Å². The fraction of sp³-hybridized carbons (Fsp3) is 0.462. The predicted octanol–water partition coefficient (Wildman–Crippen LogP) is 0.636. The molecule has 1 N–H and O–H groups in total. The number of hydrogen-bond donors (Lipinski definition) is 1. The molecule has 7 nitrogen and oxygen atoms in total. The van der Waals surface area contributed by atoms with E-state index in [9.17, 15) is 19.5 Å². The zero-order valence-electron chi connectivity index (χ0n) is 11.4. The first-order chi connectivity index (χ1) is 9.28. The van der Waals surface area contributed by atoms with Crippen LogP contribution < -0.4 is 0 Å². The number of aliphatic imine (C=N–C) groups is 1. The van der Waals surface area contributed by atoms with E-state index in [4.69, 9.17) is 9.47 Å². The Morgan fingerprint density at radius 2 is 1.80 bits per heavy atom. The molecule has 3 unspecified atom stereocenters. The third-order valence-corrected chi connectivity index (χ3v) is 2.42. The van der Waals surface area contributed by atoms with Crippen LogP contribution >= 0.6 is 0 Å². The van der Waals surface area contributed by atoms with Crippen LogP contribution in [0.25, 0.3) is 0 Å². The number of aliphatic hydroxyl groups is 1. The van der Waals surface area contributed by atoms with E-state index in [1.807, 2.05) is 0 Å². The van der Waals surface area contributed by atoms with Crippen LogP contribution in [0.1, 0.15) is 20.3 Å². The SMILES string of the molecule is C=CC(=O)OC(C)CC(O)(N=C=O)C(C)OC(=O)C=C. The molecule has 0 amide bonds. The first-order valence-electron chi connectivity index (χ1n) is 5.76. The number of hydrogen-bond acceptors (Lipinski definition) is 7. The summed E-state index contributed by atoms with van der Waals surface area (Å²) < 4.78 is 9.66. The summed E-state index contributed by atoms with van der Waals surface area (Å²) in [7, 11) is 0. The highest BCUT2D eigenvalue weighted by atomic mass is 16.6. The number of nitrogens with zero attached hydrogens (tertiary/aromatic N) is 1. The smallest absolute Gasteiger partial charge is 0.330 e. The molecule has 0 bridgehead atoms. The highest BCUT2D eigenvalue weighted by Crippen LogP contribution is 2.23. The van der Waals surface area contributed by atoms with E-state index < -0.39 is 29.9 Å². The van der Waals surface area contributed by atoms with Gasteiger partial charge in [0.15, 0.2) is 0 Å². The number of isocyanates is 1. The Labute approximate surface area is 116 Å². The van der Waals surface area contributed by atoms with Crippen LogP contribution in [-0.2, 0) is 23.9 Å². The van der Waals surface area contributed by atoms with Gasteiger partial charge in [-0.15, -0.1) is 0 Å². The van der Waals surface area contributed by atoms with E-state index in [-0.39, 0.29) is 6.42 Å². The summed E-state index contributed by atoms with van der Waals surface area (Å²) in [5, 5.41) is 10.2. The van der Waals surface area contributed by atoms with Gasteiger partial charge in [0.25, 0.3) is 0 Å². The number of carbonyl (C=O) groups excluding carboxylic acids is 3. The standard InChI is InChI=1S/C13H17NO6/c1-5-11(16)19-9(3)7-13(18,14-8-15)10(4)20-12(17)6-2/h5-6,9-10,18H,1-2,7H2,3-4H3. The molecule has 0 rings (SSSR count). The van der Waals surface area contributed by atoms with Gasteiger partial charge in [0, 0.05) is 18.6 Å². The molecule has 0 spiro atoms. The average molecular weight is 283 g/mol. The van der Waals surface area contributed by atoms with Crippen LogP contribution in [0.4, 0.5) is 0 Å². The molecule has 0 radical (unpaired) electrons. The third-order valence-electron chi connectivity index (χ3n) is 2.42. The molecule has 0 aromatic carbocycles. The first kappa shape index (κ1) is 17.8. The van der Waals surface area contributed by atoms with Crippen LogP contribution in [0, 0.1) is 0 Å². The highest BCUT2D eigenvalue weighted by molar-refractivity contribution is 5.81. The second kappa shape index (κ2) is 8.04. The number of esters is 2. The Morgan fingerprint density at radius 3 is 2.25 bits per heavy atom. The van der Waals surface area contributed by atoms with E-state index in [2.05, 4.69) is 18.2 Å². The van der Waals surface area contributed by atoms with Crippen molar-refractivity contribution in [2.75, 3.05) is 0 Å². The average Bonchev–Trinajstić information content (AvgIpc) is 2.38. The van der Waals surface area contributed by atoms with Crippen molar-refractivity contribution in [3.8, 4) is 0 Å². The predicted molar refractivity (Wildman–Crippen MR) is 69.2 cm³/mol. The minimum absolute atomic E-state index is 0.257. The Morgan fingerprint density at radius 1 is 1.30 bits per heavy atom. The van der Waals surface area contributed by atoms with E-state index in [1.165, 1.54) is 19.9 Å². The monoisotopic (exact) mass is 283 g/mol. The Bertz CT molecular complexity index is 440. The van der Waals surface area contributed by atoms with Gasteiger partial charge < -0.3 is 14.6 Å². The van der Waals surface area contributed by atoms with Crippen LogP contribution in [0.3, 0.4) is 0 Å². The Balaban J connectivity index is 4.95. The summed E-state index contributed by atoms with van der Waals surface area (Å²) in [5.74, 6) is -1.47. The molecule has 0 aromatic heterocycles. The van der Waals surface area contributed by atoms with Crippen LogP contribution in [0.15, 0.2) is 30.3 Å². The van der Waals surface area contributed by atoms with Crippen molar-refractivity contribution in [1.29, 1.82) is 0 Å². The molecular formula is C13H17NO6. The van der Waals surface area contributed by atoms with E-state index >= 15 is 0 Å². The topological polar surface area (TPSA) is 102 Å². The van der Waals surface area contributed by atoms with Crippen molar-refractivity contribution >= 4 is 18.0 Å². The third kappa shape index (κ3) is 5.60. The molecule has 0 aromatic rings. The molecule has 0 aliphatic carbocycles. The van der Waals surface area contributed by atoms with Gasteiger partial charge in [-0.1, -0.05) is 13.2 Å². The molecule has 3 atom stereocenters. The maximum atomic E-state index is 11.1. The van der Waals surface area contributed by atoms with Gasteiger partial charge in [-0.2, -0.15) is 4.99 Å². The largest absolute Gasteiger partial charge is 0.459 e. The molecule has 20 heavy (non-hydrogen) atoms. The van der Waals surface area contributed by atoms with E-state index in [0.717, 1.165) is 12.2 Å². The van der Waals surface area contributed by atoms with Gasteiger partial charge in [0.2, 0.25) is 11.8 Å². The summed E-state index contributed by atoms with van der Waals surface area (Å²) in [6.07, 6.45) is 0.869. The lowest BCUT2D eigenvalue weighted by Crippen LogP contribution is -2.44. The normalized spacial score (nSPS) is 15.8. The van der Waals surface area contributed by atoms with Gasteiger partial charge in [0.05, 0.1) is 0 Å². The van der Waals surface area contributed by atoms with E-state index in [1.54, 1.807) is 0 Å². The summed E-state index contributed by atoms with van der Waals surface area (Å²) in [6, 6.07) is 0. The van der Waals surface area contributed by atoms with Crippen molar-refractivity contribution in [2.24, 2.45) is 4.99 Å². The Kier molecular flexibility index (Phi) is 7.14. The lowest BCUT2D eigenvalue weighted by molar-refractivity contribution is -0.164. The van der Waals surface area contributed by atoms with Crippen LogP contribution in [0.5, 0.6) is 0 Å². The van der Waals surface area contributed by atoms with Gasteiger partial charge in [-0.3, -0.25) is 0 Å². The number of carbonyl (C=O) groups is 2. The van der Waals surface area contributed by atoms with Crippen molar-refractivity contribution in [3.63, 3.8) is 0 Å².